The average Bonchev–Trinajstić information content (AvgIpc) is 2.65. The van der Waals surface area contributed by atoms with Crippen molar-refractivity contribution in [3.8, 4) is 11.5 Å². The molecule has 3 rings (SSSR count). The lowest BCUT2D eigenvalue weighted by Crippen LogP contribution is -2.08. The highest BCUT2D eigenvalue weighted by Crippen LogP contribution is 2.43. The van der Waals surface area contributed by atoms with Gasteiger partial charge >= 0.3 is 0 Å². The van der Waals surface area contributed by atoms with Crippen LogP contribution in [0, 0.1) is 11.6 Å². The minimum Gasteiger partial charge on any atom is -0.496 e. The molecule has 1 fully saturated rings. The maximum atomic E-state index is 13.3. The summed E-state index contributed by atoms with van der Waals surface area (Å²) >= 11 is 0. The topological polar surface area (TPSA) is 18.5 Å². The zero-order valence-electron chi connectivity index (χ0n) is 15.2. The van der Waals surface area contributed by atoms with Crippen molar-refractivity contribution in [3.05, 3.63) is 58.7 Å². The van der Waals surface area contributed by atoms with E-state index in [1.165, 1.54) is 31.4 Å². The van der Waals surface area contributed by atoms with Gasteiger partial charge in [0, 0.05) is 11.6 Å². The summed E-state index contributed by atoms with van der Waals surface area (Å²) in [5.41, 5.74) is 2.46. The standard InChI is InChI=1S/C22H24F2O2/c1-25-20-12-16(9-8-15-10-18(23)14-19(24)11-15)13-21(26-2)22(20)17-6-4-3-5-7-17/h8-14,17H,3-7H2,1-2H3/b9-8+. The van der Waals surface area contributed by atoms with Crippen LogP contribution in [0.15, 0.2) is 30.3 Å². The molecule has 4 heteroatoms. The second kappa shape index (κ2) is 8.35. The van der Waals surface area contributed by atoms with Crippen LogP contribution in [0.4, 0.5) is 8.78 Å². The summed E-state index contributed by atoms with van der Waals surface area (Å²) in [6, 6.07) is 7.37. The summed E-state index contributed by atoms with van der Waals surface area (Å²) in [5, 5.41) is 0. The molecule has 1 aliphatic carbocycles. The van der Waals surface area contributed by atoms with Crippen LogP contribution >= 0.6 is 0 Å². The third-order valence-corrected chi connectivity index (χ3v) is 4.93. The van der Waals surface area contributed by atoms with E-state index in [-0.39, 0.29) is 0 Å². The van der Waals surface area contributed by atoms with Crippen LogP contribution in [-0.2, 0) is 0 Å². The first-order chi connectivity index (χ1) is 12.6. The molecule has 0 aromatic heterocycles. The number of methoxy groups -OCH3 is 2. The Kier molecular flexibility index (Phi) is 5.92. The first-order valence-corrected chi connectivity index (χ1v) is 9.01. The third kappa shape index (κ3) is 4.24. The van der Waals surface area contributed by atoms with Gasteiger partial charge in [-0.25, -0.2) is 8.78 Å². The fourth-order valence-corrected chi connectivity index (χ4v) is 3.71. The fourth-order valence-electron chi connectivity index (χ4n) is 3.71. The van der Waals surface area contributed by atoms with Crippen LogP contribution < -0.4 is 9.47 Å². The van der Waals surface area contributed by atoms with Crippen molar-refractivity contribution in [2.75, 3.05) is 14.2 Å². The molecule has 0 amide bonds. The maximum Gasteiger partial charge on any atom is 0.126 e. The Hall–Kier alpha value is -2.36. The molecule has 0 unspecified atom stereocenters. The van der Waals surface area contributed by atoms with Gasteiger partial charge < -0.3 is 9.47 Å². The number of hydrogen-bond acceptors (Lipinski definition) is 2. The van der Waals surface area contributed by atoms with E-state index >= 15 is 0 Å². The molecular formula is C22H24F2O2. The minimum absolute atomic E-state index is 0.448. The molecule has 1 aliphatic rings. The number of hydrogen-bond donors (Lipinski definition) is 0. The van der Waals surface area contributed by atoms with Crippen LogP contribution in [-0.4, -0.2) is 14.2 Å². The quantitative estimate of drug-likeness (QED) is 0.593. The number of rotatable bonds is 5. The van der Waals surface area contributed by atoms with Crippen LogP contribution in [0.5, 0.6) is 11.5 Å². The average molecular weight is 358 g/mol. The Labute approximate surface area is 153 Å². The zero-order chi connectivity index (χ0) is 18.5. The number of halogens is 2. The van der Waals surface area contributed by atoms with Crippen LogP contribution in [0.2, 0.25) is 0 Å². The van der Waals surface area contributed by atoms with Gasteiger partial charge in [-0.1, -0.05) is 31.4 Å². The van der Waals surface area contributed by atoms with E-state index < -0.39 is 11.6 Å². The van der Waals surface area contributed by atoms with Crippen molar-refractivity contribution in [2.45, 2.75) is 38.0 Å². The van der Waals surface area contributed by atoms with Gasteiger partial charge in [0.2, 0.25) is 0 Å². The van der Waals surface area contributed by atoms with Crippen molar-refractivity contribution in [1.82, 2.24) is 0 Å². The molecule has 0 N–H and O–H groups in total. The molecular weight excluding hydrogens is 334 g/mol. The minimum atomic E-state index is -0.590. The predicted octanol–water partition coefficient (Wildman–Crippen LogP) is 6.20. The molecule has 1 saturated carbocycles. The lowest BCUT2D eigenvalue weighted by Gasteiger charge is -2.26. The van der Waals surface area contributed by atoms with Crippen molar-refractivity contribution in [3.63, 3.8) is 0 Å². The van der Waals surface area contributed by atoms with Crippen LogP contribution in [0.3, 0.4) is 0 Å². The Morgan fingerprint density at radius 3 is 1.77 bits per heavy atom. The number of benzene rings is 2. The second-order valence-electron chi connectivity index (χ2n) is 6.71. The summed E-state index contributed by atoms with van der Waals surface area (Å²) in [7, 11) is 3.33. The van der Waals surface area contributed by atoms with Gasteiger partial charge in [-0.2, -0.15) is 0 Å². The molecule has 2 nitrogen and oxygen atoms in total. The molecule has 0 spiro atoms. The molecule has 138 valence electrons. The first-order valence-electron chi connectivity index (χ1n) is 9.01. The normalized spacial score (nSPS) is 15.4. The van der Waals surface area contributed by atoms with Gasteiger partial charge in [-0.3, -0.25) is 0 Å². The van der Waals surface area contributed by atoms with E-state index in [9.17, 15) is 8.78 Å². The van der Waals surface area contributed by atoms with Crippen LogP contribution in [0.25, 0.3) is 12.2 Å². The molecule has 0 heterocycles. The molecule has 0 atom stereocenters. The van der Waals surface area contributed by atoms with E-state index in [1.807, 2.05) is 18.2 Å². The highest BCUT2D eigenvalue weighted by molar-refractivity contribution is 5.72. The van der Waals surface area contributed by atoms with Crippen LogP contribution in [0.1, 0.15) is 54.7 Å². The highest BCUT2D eigenvalue weighted by Gasteiger charge is 2.23. The van der Waals surface area contributed by atoms with Gasteiger partial charge in [0.05, 0.1) is 14.2 Å². The SMILES string of the molecule is COc1cc(/C=C/c2cc(F)cc(F)c2)cc(OC)c1C1CCCCC1. The van der Waals surface area contributed by atoms with E-state index in [0.717, 1.165) is 41.5 Å². The molecule has 0 saturated heterocycles. The molecule has 2 aromatic carbocycles. The monoisotopic (exact) mass is 358 g/mol. The van der Waals surface area contributed by atoms with Crippen molar-refractivity contribution in [2.24, 2.45) is 0 Å². The van der Waals surface area contributed by atoms with E-state index in [0.29, 0.717) is 11.5 Å². The third-order valence-electron chi connectivity index (χ3n) is 4.93. The highest BCUT2D eigenvalue weighted by atomic mass is 19.1. The summed E-state index contributed by atoms with van der Waals surface area (Å²) in [4.78, 5) is 0. The molecule has 0 aliphatic heterocycles. The Balaban J connectivity index is 1.94. The van der Waals surface area contributed by atoms with E-state index in [4.69, 9.17) is 9.47 Å². The summed E-state index contributed by atoms with van der Waals surface area (Å²) in [6.07, 6.45) is 9.51. The predicted molar refractivity (Wildman–Crippen MR) is 101 cm³/mol. The molecule has 26 heavy (non-hydrogen) atoms. The van der Waals surface area contributed by atoms with Crippen molar-refractivity contribution < 1.29 is 18.3 Å². The summed E-state index contributed by atoms with van der Waals surface area (Å²) in [5.74, 6) is 0.881. The van der Waals surface area contributed by atoms with Crippen molar-refractivity contribution in [1.29, 1.82) is 0 Å². The number of ether oxygens (including phenoxy) is 2. The summed E-state index contributed by atoms with van der Waals surface area (Å²) < 4.78 is 37.9. The van der Waals surface area contributed by atoms with Gasteiger partial charge in [0.15, 0.2) is 0 Å². The lowest BCUT2D eigenvalue weighted by molar-refractivity contribution is 0.359. The van der Waals surface area contributed by atoms with Gasteiger partial charge in [0.25, 0.3) is 0 Å². The second-order valence-corrected chi connectivity index (χ2v) is 6.71. The Morgan fingerprint density at radius 2 is 1.27 bits per heavy atom. The van der Waals surface area contributed by atoms with Crippen molar-refractivity contribution >= 4 is 12.2 Å². The van der Waals surface area contributed by atoms with Gasteiger partial charge in [-0.05, 0) is 54.2 Å². The Bertz CT molecular complexity index is 747. The molecule has 0 bridgehead atoms. The van der Waals surface area contributed by atoms with Gasteiger partial charge in [0.1, 0.15) is 23.1 Å². The summed E-state index contributed by atoms with van der Waals surface area (Å²) in [6.45, 7) is 0. The van der Waals surface area contributed by atoms with Gasteiger partial charge in [-0.15, -0.1) is 0 Å². The maximum absolute atomic E-state index is 13.3. The van der Waals surface area contributed by atoms with E-state index in [2.05, 4.69) is 0 Å². The van der Waals surface area contributed by atoms with E-state index in [1.54, 1.807) is 20.3 Å². The first kappa shape index (κ1) is 18.4. The zero-order valence-corrected chi connectivity index (χ0v) is 15.2. The molecule has 2 aromatic rings. The largest absolute Gasteiger partial charge is 0.496 e. The fraction of sp³-hybridized carbons (Fsp3) is 0.364. The smallest absolute Gasteiger partial charge is 0.126 e. The molecule has 0 radical (unpaired) electrons. The Morgan fingerprint density at radius 1 is 0.769 bits per heavy atom. The lowest BCUT2D eigenvalue weighted by atomic mass is 9.82.